The second-order valence-electron chi connectivity index (χ2n) is 4.18. The molecule has 0 unspecified atom stereocenters. The average Bonchev–Trinajstić information content (AvgIpc) is 2.96. The summed E-state index contributed by atoms with van der Waals surface area (Å²) in [5.74, 6) is -0.114. The number of amides is 1. The molecule has 2 rings (SSSR count). The van der Waals surface area contributed by atoms with Crippen LogP contribution in [-0.2, 0) is 13.1 Å². The van der Waals surface area contributed by atoms with E-state index in [4.69, 9.17) is 11.6 Å². The molecule has 1 amide bonds. The summed E-state index contributed by atoms with van der Waals surface area (Å²) in [4.78, 5) is 20.8. The van der Waals surface area contributed by atoms with Crippen molar-refractivity contribution in [3.05, 3.63) is 39.6 Å². The van der Waals surface area contributed by atoms with Gasteiger partial charge in [-0.3, -0.25) is 4.79 Å². The molecule has 5 nitrogen and oxygen atoms in total. The zero-order valence-corrected chi connectivity index (χ0v) is 13.0. The first-order valence-corrected chi connectivity index (χ1v) is 6.98. The fourth-order valence-corrected chi connectivity index (χ4v) is 2.29. The quantitative estimate of drug-likeness (QED) is 0.926. The Bertz CT molecular complexity index is 573. The Morgan fingerprint density at radius 2 is 2.37 bits per heavy atom. The van der Waals surface area contributed by atoms with E-state index < -0.39 is 0 Å². The highest BCUT2D eigenvalue weighted by Gasteiger charge is 2.17. The van der Waals surface area contributed by atoms with Gasteiger partial charge >= 0.3 is 0 Å². The number of H-pyrrole nitrogens is 1. The molecule has 0 saturated heterocycles. The van der Waals surface area contributed by atoms with Crippen molar-refractivity contribution in [3.63, 3.8) is 0 Å². The van der Waals surface area contributed by atoms with Crippen LogP contribution in [0.5, 0.6) is 0 Å². The van der Waals surface area contributed by atoms with E-state index in [-0.39, 0.29) is 5.91 Å². The summed E-state index contributed by atoms with van der Waals surface area (Å²) in [7, 11) is 1.75. The molecule has 19 heavy (non-hydrogen) atoms. The number of rotatable bonds is 4. The molecule has 0 aliphatic heterocycles. The van der Waals surface area contributed by atoms with Crippen LogP contribution >= 0.6 is 27.5 Å². The number of carbonyl (C=O) groups is 1. The summed E-state index contributed by atoms with van der Waals surface area (Å²) in [6.45, 7) is 3.37. The summed E-state index contributed by atoms with van der Waals surface area (Å²) in [5, 5.41) is 0.426. The summed E-state index contributed by atoms with van der Waals surface area (Å²) in [5.41, 5.74) is 1.46. The number of nitrogens with one attached hydrogen (secondary N) is 1. The number of imidazole rings is 1. The SMILES string of the molecule is CCn1cncc1CN(C)C(=O)c1cc(Br)c(Cl)[nH]1. The van der Waals surface area contributed by atoms with E-state index in [1.54, 1.807) is 30.5 Å². The van der Waals surface area contributed by atoms with E-state index >= 15 is 0 Å². The summed E-state index contributed by atoms with van der Waals surface area (Å²) >= 11 is 9.15. The molecule has 0 aliphatic rings. The topological polar surface area (TPSA) is 53.9 Å². The smallest absolute Gasteiger partial charge is 0.270 e. The van der Waals surface area contributed by atoms with Crippen LogP contribution in [0.2, 0.25) is 5.15 Å². The van der Waals surface area contributed by atoms with E-state index in [0.29, 0.717) is 21.9 Å². The van der Waals surface area contributed by atoms with Crippen molar-refractivity contribution >= 4 is 33.4 Å². The van der Waals surface area contributed by atoms with Crippen LogP contribution in [0.25, 0.3) is 0 Å². The Labute approximate surface area is 124 Å². The van der Waals surface area contributed by atoms with Crippen molar-refractivity contribution in [2.45, 2.75) is 20.0 Å². The van der Waals surface area contributed by atoms with Crippen molar-refractivity contribution in [3.8, 4) is 0 Å². The van der Waals surface area contributed by atoms with Crippen LogP contribution in [-0.4, -0.2) is 32.4 Å². The molecule has 0 atom stereocenters. The predicted octanol–water partition coefficient (Wildman–Crippen LogP) is 2.92. The zero-order valence-electron chi connectivity index (χ0n) is 10.7. The maximum atomic E-state index is 12.2. The van der Waals surface area contributed by atoms with Gasteiger partial charge in [-0.15, -0.1) is 0 Å². The van der Waals surface area contributed by atoms with Gasteiger partial charge in [-0.05, 0) is 28.9 Å². The molecule has 7 heteroatoms. The van der Waals surface area contributed by atoms with Crippen molar-refractivity contribution in [2.24, 2.45) is 0 Å². The third kappa shape index (κ3) is 3.01. The van der Waals surface area contributed by atoms with Crippen LogP contribution in [0.3, 0.4) is 0 Å². The van der Waals surface area contributed by atoms with Crippen molar-refractivity contribution < 1.29 is 4.79 Å². The molecule has 102 valence electrons. The third-order valence-electron chi connectivity index (χ3n) is 2.84. The van der Waals surface area contributed by atoms with Crippen LogP contribution in [0.4, 0.5) is 0 Å². The van der Waals surface area contributed by atoms with Gasteiger partial charge in [0.15, 0.2) is 0 Å². The Balaban J connectivity index is 2.11. The van der Waals surface area contributed by atoms with E-state index in [0.717, 1.165) is 12.2 Å². The zero-order chi connectivity index (χ0) is 14.0. The Morgan fingerprint density at radius 1 is 1.63 bits per heavy atom. The molecule has 0 aliphatic carbocycles. The number of nitrogens with zero attached hydrogens (tertiary/aromatic N) is 3. The second kappa shape index (κ2) is 5.79. The van der Waals surface area contributed by atoms with Gasteiger partial charge in [0.25, 0.3) is 5.91 Å². The van der Waals surface area contributed by atoms with E-state index in [9.17, 15) is 4.79 Å². The van der Waals surface area contributed by atoms with Gasteiger partial charge in [-0.25, -0.2) is 4.98 Å². The lowest BCUT2D eigenvalue weighted by molar-refractivity contribution is 0.0777. The molecule has 2 aromatic heterocycles. The summed E-state index contributed by atoms with van der Waals surface area (Å²) < 4.78 is 2.69. The molecular weight excluding hydrogens is 332 g/mol. The van der Waals surface area contributed by atoms with Crippen molar-refractivity contribution in [2.75, 3.05) is 7.05 Å². The number of hydrogen-bond donors (Lipinski definition) is 1. The molecule has 2 aromatic rings. The van der Waals surface area contributed by atoms with E-state index in [2.05, 4.69) is 25.9 Å². The van der Waals surface area contributed by atoms with Crippen LogP contribution in [0.1, 0.15) is 23.1 Å². The van der Waals surface area contributed by atoms with Gasteiger partial charge < -0.3 is 14.5 Å². The first-order chi connectivity index (χ1) is 9.02. The van der Waals surface area contributed by atoms with Crippen LogP contribution < -0.4 is 0 Å². The number of aromatic nitrogens is 3. The van der Waals surface area contributed by atoms with Gasteiger partial charge in [-0.1, -0.05) is 11.6 Å². The minimum atomic E-state index is -0.114. The predicted molar refractivity (Wildman–Crippen MR) is 77.2 cm³/mol. The molecule has 0 saturated carbocycles. The van der Waals surface area contributed by atoms with Gasteiger partial charge in [0.2, 0.25) is 0 Å². The summed E-state index contributed by atoms with van der Waals surface area (Å²) in [6.07, 6.45) is 3.53. The number of halogens is 2. The second-order valence-corrected chi connectivity index (χ2v) is 5.41. The minimum absolute atomic E-state index is 0.114. The highest BCUT2D eigenvalue weighted by molar-refractivity contribution is 9.10. The Hall–Kier alpha value is -1.27. The van der Waals surface area contributed by atoms with Crippen LogP contribution in [0, 0.1) is 0 Å². The van der Waals surface area contributed by atoms with Gasteiger partial charge in [-0.2, -0.15) is 0 Å². The number of hydrogen-bond acceptors (Lipinski definition) is 2. The maximum absolute atomic E-state index is 12.2. The van der Waals surface area contributed by atoms with E-state index in [1.807, 2.05) is 11.5 Å². The third-order valence-corrected chi connectivity index (χ3v) is 3.99. The average molecular weight is 346 g/mol. The molecule has 2 heterocycles. The largest absolute Gasteiger partial charge is 0.341 e. The first kappa shape index (κ1) is 14.1. The first-order valence-electron chi connectivity index (χ1n) is 5.81. The fraction of sp³-hybridized carbons (Fsp3) is 0.333. The van der Waals surface area contributed by atoms with Crippen molar-refractivity contribution in [1.29, 1.82) is 0 Å². The van der Waals surface area contributed by atoms with Crippen LogP contribution in [0.15, 0.2) is 23.1 Å². The highest BCUT2D eigenvalue weighted by Crippen LogP contribution is 2.23. The minimum Gasteiger partial charge on any atom is -0.341 e. The molecular formula is C12H14BrClN4O. The molecule has 0 radical (unpaired) electrons. The highest BCUT2D eigenvalue weighted by atomic mass is 79.9. The lowest BCUT2D eigenvalue weighted by Gasteiger charge is -2.17. The number of aromatic amines is 1. The van der Waals surface area contributed by atoms with Gasteiger partial charge in [0.05, 0.1) is 23.0 Å². The summed E-state index contributed by atoms with van der Waals surface area (Å²) in [6, 6.07) is 1.68. The Kier molecular flexibility index (Phi) is 4.31. The molecule has 0 fully saturated rings. The molecule has 0 spiro atoms. The standard InChI is InChI=1S/C12H14BrClN4O/c1-3-18-7-15-5-8(18)6-17(2)12(19)10-4-9(13)11(14)16-10/h4-5,7,16H,3,6H2,1-2H3. The lowest BCUT2D eigenvalue weighted by Crippen LogP contribution is -2.27. The maximum Gasteiger partial charge on any atom is 0.270 e. The lowest BCUT2D eigenvalue weighted by atomic mass is 10.3. The number of carbonyl (C=O) groups excluding carboxylic acids is 1. The number of aryl methyl sites for hydroxylation is 1. The normalized spacial score (nSPS) is 10.7. The van der Waals surface area contributed by atoms with Crippen molar-refractivity contribution in [1.82, 2.24) is 19.4 Å². The molecule has 0 bridgehead atoms. The van der Waals surface area contributed by atoms with Gasteiger partial charge in [0, 0.05) is 19.8 Å². The van der Waals surface area contributed by atoms with Gasteiger partial charge in [0.1, 0.15) is 10.8 Å². The Morgan fingerprint density at radius 3 is 2.95 bits per heavy atom. The fourth-order valence-electron chi connectivity index (χ4n) is 1.80. The van der Waals surface area contributed by atoms with E-state index in [1.165, 1.54) is 0 Å². The molecule has 0 aromatic carbocycles. The monoisotopic (exact) mass is 344 g/mol. The molecule has 1 N–H and O–H groups in total.